The van der Waals surface area contributed by atoms with Crippen LogP contribution in [0.25, 0.3) is 0 Å². The second-order valence-corrected chi connectivity index (χ2v) is 3.90. The van der Waals surface area contributed by atoms with Gasteiger partial charge < -0.3 is 10.6 Å². The second-order valence-electron chi connectivity index (χ2n) is 3.90. The number of nitriles is 1. The van der Waals surface area contributed by atoms with Crippen LogP contribution in [0.3, 0.4) is 0 Å². The van der Waals surface area contributed by atoms with Crippen LogP contribution in [-0.2, 0) is 4.79 Å². The summed E-state index contributed by atoms with van der Waals surface area (Å²) in [5.74, 6) is 0.229. The van der Waals surface area contributed by atoms with Crippen molar-refractivity contribution in [2.45, 2.75) is 6.92 Å². The third-order valence-corrected chi connectivity index (χ3v) is 2.62. The standard InChI is InChI=1S/C13H17N3O/c1-10-4-3-5-11(7-14)6-12(10)8-16-9-13(17)15-2/h3-6,10,16H,8-9H2,1-2H3,(H,15,17). The van der Waals surface area contributed by atoms with E-state index in [0.29, 0.717) is 12.1 Å². The van der Waals surface area contributed by atoms with Gasteiger partial charge >= 0.3 is 0 Å². The molecule has 4 heteroatoms. The molecule has 0 aliphatic heterocycles. The van der Waals surface area contributed by atoms with E-state index in [1.54, 1.807) is 13.1 Å². The summed E-state index contributed by atoms with van der Waals surface area (Å²) in [5.41, 5.74) is 1.75. The molecule has 0 bridgehead atoms. The molecule has 0 aromatic heterocycles. The van der Waals surface area contributed by atoms with Crippen molar-refractivity contribution in [1.82, 2.24) is 10.6 Å². The van der Waals surface area contributed by atoms with Crippen LogP contribution < -0.4 is 10.6 Å². The molecule has 0 saturated heterocycles. The van der Waals surface area contributed by atoms with Gasteiger partial charge in [0, 0.05) is 13.6 Å². The van der Waals surface area contributed by atoms with E-state index in [2.05, 4.69) is 23.6 Å². The zero-order valence-corrected chi connectivity index (χ0v) is 10.2. The van der Waals surface area contributed by atoms with Gasteiger partial charge in [-0.05, 0) is 23.6 Å². The molecule has 4 nitrogen and oxygen atoms in total. The van der Waals surface area contributed by atoms with E-state index in [1.165, 1.54) is 0 Å². The lowest BCUT2D eigenvalue weighted by atomic mass is 10.00. The topological polar surface area (TPSA) is 64.9 Å². The lowest BCUT2D eigenvalue weighted by molar-refractivity contribution is -0.119. The second kappa shape index (κ2) is 6.66. The third-order valence-electron chi connectivity index (χ3n) is 2.62. The lowest BCUT2D eigenvalue weighted by Gasteiger charge is -2.12. The minimum absolute atomic E-state index is 0.0431. The molecular weight excluding hydrogens is 214 g/mol. The maximum absolute atomic E-state index is 11.1. The number of hydrogen-bond donors (Lipinski definition) is 2. The van der Waals surface area contributed by atoms with Crippen LogP contribution in [0.15, 0.2) is 35.5 Å². The number of carbonyl (C=O) groups excluding carboxylic acids is 1. The van der Waals surface area contributed by atoms with Crippen LogP contribution in [-0.4, -0.2) is 26.0 Å². The van der Waals surface area contributed by atoms with Crippen molar-refractivity contribution in [3.63, 3.8) is 0 Å². The molecule has 1 aliphatic carbocycles. The summed E-state index contributed by atoms with van der Waals surface area (Å²) in [6.45, 7) is 2.96. The molecule has 1 unspecified atom stereocenters. The fraction of sp³-hybridized carbons (Fsp3) is 0.385. The Kier molecular flexibility index (Phi) is 5.18. The lowest BCUT2D eigenvalue weighted by Crippen LogP contribution is -2.32. The first-order valence-electron chi connectivity index (χ1n) is 5.57. The molecule has 0 radical (unpaired) electrons. The summed E-state index contributed by atoms with van der Waals surface area (Å²) in [5, 5.41) is 14.5. The number of rotatable bonds is 4. The Balaban J connectivity index is 2.59. The summed E-state index contributed by atoms with van der Waals surface area (Å²) < 4.78 is 0. The molecule has 0 heterocycles. The maximum Gasteiger partial charge on any atom is 0.233 e. The number of likely N-dealkylation sites (N-methyl/N-ethyl adjacent to an activating group) is 1. The number of hydrogen-bond acceptors (Lipinski definition) is 3. The van der Waals surface area contributed by atoms with Crippen molar-refractivity contribution in [2.24, 2.45) is 5.92 Å². The van der Waals surface area contributed by atoms with E-state index >= 15 is 0 Å². The maximum atomic E-state index is 11.1. The Labute approximate surface area is 102 Å². The Hall–Kier alpha value is -1.86. The predicted octanol–water partition coefficient (Wildman–Crippen LogP) is 0.904. The molecule has 2 N–H and O–H groups in total. The Morgan fingerprint density at radius 1 is 1.59 bits per heavy atom. The highest BCUT2D eigenvalue weighted by Gasteiger charge is 2.09. The summed E-state index contributed by atoms with van der Waals surface area (Å²) in [7, 11) is 1.61. The Morgan fingerprint density at radius 3 is 3.00 bits per heavy atom. The van der Waals surface area contributed by atoms with E-state index in [4.69, 9.17) is 5.26 Å². The van der Waals surface area contributed by atoms with Crippen molar-refractivity contribution in [3.8, 4) is 6.07 Å². The van der Waals surface area contributed by atoms with Gasteiger partial charge in [-0.1, -0.05) is 19.1 Å². The minimum Gasteiger partial charge on any atom is -0.358 e. The molecule has 0 saturated carbocycles. The van der Waals surface area contributed by atoms with E-state index in [9.17, 15) is 4.79 Å². The number of carbonyl (C=O) groups is 1. The van der Waals surface area contributed by atoms with E-state index < -0.39 is 0 Å². The third kappa shape index (κ3) is 4.25. The van der Waals surface area contributed by atoms with Crippen LogP contribution in [0.5, 0.6) is 0 Å². The van der Waals surface area contributed by atoms with Crippen LogP contribution in [0.1, 0.15) is 6.92 Å². The van der Waals surface area contributed by atoms with Crippen molar-refractivity contribution in [3.05, 3.63) is 35.5 Å². The first kappa shape index (κ1) is 13.2. The van der Waals surface area contributed by atoms with Gasteiger partial charge in [-0.3, -0.25) is 4.79 Å². The highest BCUT2D eigenvalue weighted by atomic mass is 16.1. The average Bonchev–Trinajstić information content (AvgIpc) is 2.51. The number of nitrogens with zero attached hydrogens (tertiary/aromatic N) is 1. The van der Waals surface area contributed by atoms with Crippen LogP contribution in [0.2, 0.25) is 0 Å². The summed E-state index contributed by atoms with van der Waals surface area (Å²) >= 11 is 0. The van der Waals surface area contributed by atoms with Crippen LogP contribution in [0.4, 0.5) is 0 Å². The fourth-order valence-corrected chi connectivity index (χ4v) is 1.52. The molecular formula is C13H17N3O. The van der Waals surface area contributed by atoms with Gasteiger partial charge in [0.05, 0.1) is 18.2 Å². The molecule has 0 fully saturated rings. The van der Waals surface area contributed by atoms with E-state index in [0.717, 1.165) is 5.57 Å². The van der Waals surface area contributed by atoms with Crippen molar-refractivity contribution >= 4 is 5.91 Å². The summed E-state index contributed by atoms with van der Waals surface area (Å²) in [4.78, 5) is 11.1. The Morgan fingerprint density at radius 2 is 2.35 bits per heavy atom. The normalized spacial score (nSPS) is 18.8. The fourth-order valence-electron chi connectivity index (χ4n) is 1.52. The minimum atomic E-state index is -0.0431. The molecule has 0 spiro atoms. The molecule has 1 atom stereocenters. The van der Waals surface area contributed by atoms with Gasteiger partial charge in [0.15, 0.2) is 0 Å². The van der Waals surface area contributed by atoms with Gasteiger partial charge in [-0.15, -0.1) is 0 Å². The van der Waals surface area contributed by atoms with E-state index in [-0.39, 0.29) is 18.4 Å². The van der Waals surface area contributed by atoms with Gasteiger partial charge in [-0.25, -0.2) is 0 Å². The van der Waals surface area contributed by atoms with Crippen LogP contribution in [0, 0.1) is 17.2 Å². The van der Waals surface area contributed by atoms with Gasteiger partial charge in [0.25, 0.3) is 0 Å². The van der Waals surface area contributed by atoms with Gasteiger partial charge in [0.1, 0.15) is 0 Å². The smallest absolute Gasteiger partial charge is 0.233 e. The van der Waals surface area contributed by atoms with Crippen molar-refractivity contribution < 1.29 is 4.79 Å². The predicted molar refractivity (Wildman–Crippen MR) is 67.0 cm³/mol. The molecule has 1 amide bonds. The van der Waals surface area contributed by atoms with Crippen molar-refractivity contribution in [1.29, 1.82) is 5.26 Å². The number of allylic oxidation sites excluding steroid dienone is 5. The SMILES string of the molecule is CNC(=O)CNCC1=CC(C#N)=CC=CC1C. The molecule has 1 aliphatic rings. The highest BCUT2D eigenvalue weighted by molar-refractivity contribution is 5.77. The zero-order valence-electron chi connectivity index (χ0n) is 10.2. The first-order chi connectivity index (χ1) is 8.17. The molecule has 0 aromatic carbocycles. The van der Waals surface area contributed by atoms with Crippen molar-refractivity contribution in [2.75, 3.05) is 20.1 Å². The quantitative estimate of drug-likeness (QED) is 0.755. The zero-order chi connectivity index (χ0) is 12.7. The Bertz CT molecular complexity index is 413. The van der Waals surface area contributed by atoms with E-state index in [1.807, 2.05) is 18.2 Å². The number of amides is 1. The summed E-state index contributed by atoms with van der Waals surface area (Å²) in [6.07, 6.45) is 7.60. The van der Waals surface area contributed by atoms with Gasteiger partial charge in [-0.2, -0.15) is 5.26 Å². The van der Waals surface area contributed by atoms with Gasteiger partial charge in [0.2, 0.25) is 5.91 Å². The summed E-state index contributed by atoms with van der Waals surface area (Å²) in [6, 6.07) is 2.13. The average molecular weight is 231 g/mol. The molecule has 90 valence electrons. The molecule has 1 rings (SSSR count). The first-order valence-corrected chi connectivity index (χ1v) is 5.57. The molecule has 0 aromatic rings. The highest BCUT2D eigenvalue weighted by Crippen LogP contribution is 2.17. The monoisotopic (exact) mass is 231 g/mol. The number of nitrogens with one attached hydrogen (secondary N) is 2. The molecule has 17 heavy (non-hydrogen) atoms. The largest absolute Gasteiger partial charge is 0.358 e. The van der Waals surface area contributed by atoms with Crippen LogP contribution >= 0.6 is 0 Å².